The standard InChI is InChI=1S/C23H25F3N4O5S/c1-11(32)27-13-3-5-14(6-4-13)36-23-22(34)20(21(33)18(10-31)35-23)30-9-17(28-29(30)2)12-7-15(24)19(26)16(25)8-12/h3-9,18,20-23,28,31,33-34H,10H2,1-2H3,(H,27,32)/t18?,20?,21-,22?,23+/m0/s1. The quantitative estimate of drug-likeness (QED) is 0.358. The van der Waals surface area contributed by atoms with Crippen LogP contribution in [0.5, 0.6) is 0 Å². The van der Waals surface area contributed by atoms with Crippen molar-refractivity contribution in [2.75, 3.05) is 19.0 Å². The molecule has 1 saturated heterocycles. The number of carbonyl (C=O) groups is 1. The van der Waals surface area contributed by atoms with Gasteiger partial charge in [0, 0.05) is 36.3 Å². The van der Waals surface area contributed by atoms with Gasteiger partial charge in [-0.3, -0.25) is 15.2 Å². The Hall–Kier alpha value is -2.81. The summed E-state index contributed by atoms with van der Waals surface area (Å²) in [5, 5.41) is 37.3. The maximum Gasteiger partial charge on any atom is 0.221 e. The molecular weight excluding hydrogens is 501 g/mol. The molecule has 5 N–H and O–H groups in total. The van der Waals surface area contributed by atoms with Crippen molar-refractivity contribution >= 4 is 29.1 Å². The fraction of sp³-hybridized carbons (Fsp3) is 0.348. The molecule has 0 bridgehead atoms. The number of hydrogen-bond acceptors (Lipinski definition) is 9. The van der Waals surface area contributed by atoms with Crippen molar-refractivity contribution in [1.82, 2.24) is 15.6 Å². The first-order chi connectivity index (χ1) is 17.1. The number of amides is 1. The highest BCUT2D eigenvalue weighted by molar-refractivity contribution is 7.99. The van der Waals surface area contributed by atoms with Crippen LogP contribution in [-0.4, -0.2) is 74.8 Å². The fourth-order valence-electron chi connectivity index (χ4n) is 4.05. The Morgan fingerprint density at radius 1 is 1.14 bits per heavy atom. The molecule has 2 aliphatic rings. The van der Waals surface area contributed by atoms with Crippen molar-refractivity contribution < 1.29 is 38.0 Å². The zero-order chi connectivity index (χ0) is 26.1. The highest BCUT2D eigenvalue weighted by Gasteiger charge is 2.49. The van der Waals surface area contributed by atoms with Gasteiger partial charge in [-0.25, -0.2) is 13.2 Å². The van der Waals surface area contributed by atoms with E-state index in [2.05, 4.69) is 10.7 Å². The Bertz CT molecular complexity index is 1130. The van der Waals surface area contributed by atoms with Crippen molar-refractivity contribution in [3.8, 4) is 0 Å². The van der Waals surface area contributed by atoms with Gasteiger partial charge in [-0.15, -0.1) is 5.12 Å². The number of aliphatic hydroxyl groups is 3. The molecule has 0 saturated carbocycles. The van der Waals surface area contributed by atoms with Crippen LogP contribution in [0, 0.1) is 17.5 Å². The van der Waals surface area contributed by atoms with Gasteiger partial charge in [-0.2, -0.15) is 0 Å². The molecule has 5 atom stereocenters. The van der Waals surface area contributed by atoms with E-state index in [-0.39, 0.29) is 17.2 Å². The van der Waals surface area contributed by atoms with Crippen LogP contribution in [-0.2, 0) is 9.53 Å². The minimum absolute atomic E-state index is 0.0145. The SMILES string of the molecule is CC(=O)Nc1ccc(S[C@H]2OC(CO)[C@H](O)C(N3C=C(c4cc(F)c(F)c(F)c4)NN3C)C2O)cc1. The molecule has 0 aliphatic carbocycles. The number of ether oxygens (including phenoxy) is 1. The van der Waals surface area contributed by atoms with Gasteiger partial charge in [-0.05, 0) is 36.4 Å². The summed E-state index contributed by atoms with van der Waals surface area (Å²) in [6, 6.07) is 7.43. The van der Waals surface area contributed by atoms with Crippen LogP contribution in [0.3, 0.4) is 0 Å². The third kappa shape index (κ3) is 5.31. The lowest BCUT2D eigenvalue weighted by Gasteiger charge is -2.46. The molecule has 9 nitrogen and oxygen atoms in total. The monoisotopic (exact) mass is 526 g/mol. The number of anilines is 1. The summed E-state index contributed by atoms with van der Waals surface area (Å²) < 4.78 is 46.7. The molecule has 1 amide bonds. The lowest BCUT2D eigenvalue weighted by molar-refractivity contribution is -0.208. The van der Waals surface area contributed by atoms with Crippen molar-refractivity contribution in [1.29, 1.82) is 0 Å². The van der Waals surface area contributed by atoms with Crippen LogP contribution >= 0.6 is 11.8 Å². The summed E-state index contributed by atoms with van der Waals surface area (Å²) in [5.41, 5.74) is 2.74. The fourth-order valence-corrected chi connectivity index (χ4v) is 5.11. The van der Waals surface area contributed by atoms with E-state index in [9.17, 15) is 33.3 Å². The molecule has 2 aliphatic heterocycles. The summed E-state index contributed by atoms with van der Waals surface area (Å²) in [5.74, 6) is -4.53. The number of halogens is 3. The first kappa shape index (κ1) is 26.3. The predicted molar refractivity (Wildman–Crippen MR) is 125 cm³/mol. The van der Waals surface area contributed by atoms with Gasteiger partial charge in [-0.1, -0.05) is 11.8 Å². The number of nitrogens with zero attached hydrogens (tertiary/aromatic N) is 2. The summed E-state index contributed by atoms with van der Waals surface area (Å²) in [6.07, 6.45) is -2.26. The van der Waals surface area contributed by atoms with E-state index >= 15 is 0 Å². The van der Waals surface area contributed by atoms with Crippen LogP contribution in [0.2, 0.25) is 0 Å². The molecule has 4 rings (SSSR count). The number of aliphatic hydroxyl groups excluding tert-OH is 3. The van der Waals surface area contributed by atoms with Gasteiger partial charge in [0.1, 0.15) is 29.8 Å². The van der Waals surface area contributed by atoms with Crippen molar-refractivity contribution in [3.63, 3.8) is 0 Å². The third-order valence-corrected chi connectivity index (χ3v) is 6.93. The topological polar surface area (TPSA) is 118 Å². The number of hydrogen-bond donors (Lipinski definition) is 5. The second kappa shape index (κ2) is 10.7. The van der Waals surface area contributed by atoms with E-state index in [0.717, 1.165) is 23.9 Å². The van der Waals surface area contributed by atoms with Crippen molar-refractivity contribution in [3.05, 3.63) is 65.6 Å². The van der Waals surface area contributed by atoms with Crippen LogP contribution in [0.15, 0.2) is 47.5 Å². The lowest BCUT2D eigenvalue weighted by atomic mass is 9.96. The Morgan fingerprint density at radius 3 is 2.36 bits per heavy atom. The van der Waals surface area contributed by atoms with Crippen LogP contribution in [0.4, 0.5) is 18.9 Å². The number of thioether (sulfide) groups is 1. The molecule has 2 heterocycles. The van der Waals surface area contributed by atoms with E-state index in [4.69, 9.17) is 4.74 Å². The maximum absolute atomic E-state index is 13.8. The van der Waals surface area contributed by atoms with Crippen molar-refractivity contribution in [2.45, 2.75) is 41.6 Å². The Morgan fingerprint density at radius 2 is 1.78 bits per heavy atom. The molecule has 3 unspecified atom stereocenters. The van der Waals surface area contributed by atoms with E-state index in [0.29, 0.717) is 10.6 Å². The van der Waals surface area contributed by atoms with E-state index in [1.807, 2.05) is 0 Å². The van der Waals surface area contributed by atoms with E-state index in [1.54, 1.807) is 31.3 Å². The van der Waals surface area contributed by atoms with Gasteiger partial charge >= 0.3 is 0 Å². The Kier molecular flexibility index (Phi) is 7.78. The summed E-state index contributed by atoms with van der Waals surface area (Å²) in [4.78, 5) is 11.9. The molecule has 0 radical (unpaired) electrons. The van der Waals surface area contributed by atoms with Crippen LogP contribution in [0.25, 0.3) is 5.70 Å². The van der Waals surface area contributed by atoms with Gasteiger partial charge < -0.3 is 25.4 Å². The number of nitrogens with one attached hydrogen (secondary N) is 2. The largest absolute Gasteiger partial charge is 0.394 e. The number of rotatable bonds is 6. The van der Waals surface area contributed by atoms with E-state index in [1.165, 1.54) is 23.3 Å². The molecule has 2 aromatic rings. The molecular formula is C23H25F3N4O5S. The first-order valence-electron chi connectivity index (χ1n) is 10.9. The molecule has 1 fully saturated rings. The average Bonchev–Trinajstić information content (AvgIpc) is 3.21. The zero-order valence-corrected chi connectivity index (χ0v) is 20.0. The Labute approximate surface area is 209 Å². The summed E-state index contributed by atoms with van der Waals surface area (Å²) in [6.45, 7) is 0.862. The predicted octanol–water partition coefficient (Wildman–Crippen LogP) is 1.63. The number of carbonyl (C=O) groups excluding carboxylic acids is 1. The van der Waals surface area contributed by atoms with Gasteiger partial charge in [0.2, 0.25) is 5.91 Å². The van der Waals surface area contributed by atoms with Gasteiger partial charge in [0.15, 0.2) is 17.5 Å². The summed E-state index contributed by atoms with van der Waals surface area (Å²) in [7, 11) is 1.55. The third-order valence-electron chi connectivity index (χ3n) is 5.77. The normalized spacial score (nSPS) is 26.5. The van der Waals surface area contributed by atoms with Crippen LogP contribution in [0.1, 0.15) is 12.5 Å². The van der Waals surface area contributed by atoms with Gasteiger partial charge in [0.25, 0.3) is 0 Å². The number of benzene rings is 2. The molecule has 0 aromatic heterocycles. The molecule has 0 spiro atoms. The average molecular weight is 527 g/mol. The second-order valence-corrected chi connectivity index (χ2v) is 9.50. The molecule has 194 valence electrons. The summed E-state index contributed by atoms with van der Waals surface area (Å²) >= 11 is 1.15. The highest BCUT2D eigenvalue weighted by atomic mass is 32.2. The first-order valence-corrected chi connectivity index (χ1v) is 11.8. The molecule has 13 heteroatoms. The lowest BCUT2D eigenvalue weighted by Crippen LogP contribution is -2.65. The number of hydrazine groups is 2. The Balaban J connectivity index is 1.58. The van der Waals surface area contributed by atoms with Crippen LogP contribution < -0.4 is 10.7 Å². The second-order valence-electron chi connectivity index (χ2n) is 8.33. The molecule has 36 heavy (non-hydrogen) atoms. The zero-order valence-electron chi connectivity index (χ0n) is 19.2. The molecule has 2 aromatic carbocycles. The highest BCUT2D eigenvalue weighted by Crippen LogP contribution is 2.37. The maximum atomic E-state index is 13.8. The smallest absolute Gasteiger partial charge is 0.221 e. The van der Waals surface area contributed by atoms with Crippen molar-refractivity contribution in [2.24, 2.45) is 0 Å². The minimum atomic E-state index is -1.59. The van der Waals surface area contributed by atoms with E-state index < -0.39 is 53.8 Å². The van der Waals surface area contributed by atoms with Gasteiger partial charge in [0.05, 0.1) is 12.3 Å². The minimum Gasteiger partial charge on any atom is -0.394 e.